The summed E-state index contributed by atoms with van der Waals surface area (Å²) < 4.78 is 59.7. The minimum atomic E-state index is -4.37. The highest BCUT2D eigenvalue weighted by Gasteiger charge is 2.44. The normalized spacial score (nSPS) is 20.1. The summed E-state index contributed by atoms with van der Waals surface area (Å²) >= 11 is -2.20. The van der Waals surface area contributed by atoms with Crippen molar-refractivity contribution in [3.05, 3.63) is 64.7 Å². The number of halogens is 3. The molecule has 3 rings (SSSR count). The molecule has 0 spiro atoms. The first kappa shape index (κ1) is 23.3. The zero-order chi connectivity index (χ0) is 22.8. The van der Waals surface area contributed by atoms with E-state index in [4.69, 9.17) is 0 Å². The highest BCUT2D eigenvalue weighted by atomic mass is 32.2. The van der Waals surface area contributed by atoms with Gasteiger partial charge in [-0.25, -0.2) is 0 Å². The first-order valence-corrected chi connectivity index (χ1v) is 11.2. The van der Waals surface area contributed by atoms with Crippen LogP contribution in [0.2, 0.25) is 0 Å². The lowest BCUT2D eigenvalue weighted by atomic mass is 10.0. The van der Waals surface area contributed by atoms with E-state index in [0.29, 0.717) is 12.8 Å². The third-order valence-electron chi connectivity index (χ3n) is 5.54. The Labute approximate surface area is 181 Å². The van der Waals surface area contributed by atoms with Gasteiger partial charge in [-0.3, -0.25) is 9.00 Å². The van der Waals surface area contributed by atoms with Crippen LogP contribution in [0.3, 0.4) is 0 Å². The van der Waals surface area contributed by atoms with Crippen LogP contribution in [0.1, 0.15) is 54.5 Å². The summed E-state index contributed by atoms with van der Waals surface area (Å²) in [6.45, 7) is 3.82. The summed E-state index contributed by atoms with van der Waals surface area (Å²) in [6, 6.07) is 10.3. The van der Waals surface area contributed by atoms with E-state index >= 15 is 0 Å². The third kappa shape index (κ3) is 5.86. The van der Waals surface area contributed by atoms with Crippen LogP contribution in [-0.2, 0) is 28.5 Å². The molecule has 2 aromatic rings. The molecule has 1 aliphatic carbocycles. The predicted octanol–water partition coefficient (Wildman–Crippen LogP) is 4.50. The van der Waals surface area contributed by atoms with Crippen LogP contribution < -0.4 is 10.6 Å². The molecule has 1 aliphatic rings. The minimum absolute atomic E-state index is 0.0692. The zero-order valence-electron chi connectivity index (χ0n) is 17.2. The molecule has 2 N–H and O–H groups in total. The fourth-order valence-corrected chi connectivity index (χ4v) is 3.93. The van der Waals surface area contributed by atoms with Gasteiger partial charge in [-0.2, -0.15) is 13.2 Å². The van der Waals surface area contributed by atoms with Gasteiger partial charge in [-0.05, 0) is 71.7 Å². The maximum Gasteiger partial charge on any atom is 0.416 e. The molecule has 9 heteroatoms. The van der Waals surface area contributed by atoms with Crippen LogP contribution in [0, 0.1) is 5.92 Å². The van der Waals surface area contributed by atoms with E-state index in [1.54, 1.807) is 6.07 Å². The molecule has 1 saturated carbocycles. The quantitative estimate of drug-likeness (QED) is 0.577. The second-order valence-electron chi connectivity index (χ2n) is 7.69. The maximum atomic E-state index is 12.7. The fourth-order valence-electron chi connectivity index (χ4n) is 3.66. The van der Waals surface area contributed by atoms with Crippen molar-refractivity contribution in [3.8, 4) is 0 Å². The van der Waals surface area contributed by atoms with Gasteiger partial charge in [0.15, 0.2) is 0 Å². The lowest BCUT2D eigenvalue weighted by Crippen LogP contribution is -2.28. The zero-order valence-corrected chi connectivity index (χ0v) is 18.0. The molecule has 2 aromatic carbocycles. The number of alkyl halides is 3. The number of hydrogen-bond acceptors (Lipinski definition) is 4. The Balaban J connectivity index is 1.60. The Morgan fingerprint density at radius 1 is 1.23 bits per heavy atom. The lowest BCUT2D eigenvalue weighted by Gasteiger charge is -2.18. The summed E-state index contributed by atoms with van der Waals surface area (Å²) in [6.07, 6.45) is -3.07. The summed E-state index contributed by atoms with van der Waals surface area (Å²) in [5.74, 6) is -0.622. The van der Waals surface area contributed by atoms with Crippen molar-refractivity contribution in [2.45, 2.75) is 44.8 Å². The monoisotopic (exact) mass is 453 g/mol. The predicted molar refractivity (Wildman–Crippen MR) is 112 cm³/mol. The standard InChI is InChI=1S/C22H25F3N2O3S/c1-3-14-10-16(6-9-20(14)26-12-31(29)30)13(2)27-21(28)19-11-18(19)15-4-7-17(8-5-15)22(23,24)25/h4-10,13,18-19,26H,3,11-12H2,1-2H3,(H,27,28)(H,29,30)/p-1/t13-,18?,19?/m1/s1. The number of benzene rings is 2. The van der Waals surface area contributed by atoms with Gasteiger partial charge in [0.25, 0.3) is 0 Å². The van der Waals surface area contributed by atoms with Gasteiger partial charge >= 0.3 is 6.18 Å². The molecule has 4 atom stereocenters. The van der Waals surface area contributed by atoms with E-state index in [2.05, 4.69) is 10.6 Å². The second-order valence-corrected chi connectivity index (χ2v) is 8.59. The highest BCUT2D eigenvalue weighted by molar-refractivity contribution is 7.79. The van der Waals surface area contributed by atoms with Crippen LogP contribution in [0.15, 0.2) is 42.5 Å². The van der Waals surface area contributed by atoms with Crippen molar-refractivity contribution in [3.63, 3.8) is 0 Å². The minimum Gasteiger partial charge on any atom is -0.771 e. The number of amides is 1. The van der Waals surface area contributed by atoms with E-state index in [0.717, 1.165) is 34.5 Å². The van der Waals surface area contributed by atoms with E-state index in [1.165, 1.54) is 12.1 Å². The number of rotatable bonds is 8. The average molecular weight is 454 g/mol. The number of carbonyl (C=O) groups is 1. The van der Waals surface area contributed by atoms with Crippen LogP contribution in [-0.4, -0.2) is 20.5 Å². The molecule has 31 heavy (non-hydrogen) atoms. The molecule has 0 aromatic heterocycles. The Morgan fingerprint density at radius 3 is 2.48 bits per heavy atom. The third-order valence-corrected chi connectivity index (χ3v) is 5.92. The number of aryl methyl sites for hydroxylation is 1. The molecule has 168 valence electrons. The first-order chi connectivity index (χ1) is 14.6. The Hall–Kier alpha value is -2.39. The topological polar surface area (TPSA) is 81.3 Å². The van der Waals surface area contributed by atoms with Gasteiger partial charge in [0.05, 0.1) is 17.5 Å². The first-order valence-electron chi connectivity index (χ1n) is 10.00. The average Bonchev–Trinajstić information content (AvgIpc) is 3.52. The smallest absolute Gasteiger partial charge is 0.416 e. The molecule has 1 fully saturated rings. The van der Waals surface area contributed by atoms with E-state index in [1.807, 2.05) is 26.0 Å². The lowest BCUT2D eigenvalue weighted by molar-refractivity contribution is -0.137. The van der Waals surface area contributed by atoms with E-state index in [-0.39, 0.29) is 29.7 Å². The van der Waals surface area contributed by atoms with Crippen molar-refractivity contribution >= 4 is 22.7 Å². The van der Waals surface area contributed by atoms with Crippen LogP contribution in [0.25, 0.3) is 0 Å². The van der Waals surface area contributed by atoms with Crippen molar-refractivity contribution < 1.29 is 26.7 Å². The van der Waals surface area contributed by atoms with Gasteiger partial charge < -0.3 is 15.2 Å². The van der Waals surface area contributed by atoms with Crippen molar-refractivity contribution in [1.29, 1.82) is 0 Å². The molecular formula is C22H24F3N2O3S-. The van der Waals surface area contributed by atoms with E-state index < -0.39 is 22.8 Å². The molecule has 0 bridgehead atoms. The molecule has 0 saturated heterocycles. The molecule has 5 nitrogen and oxygen atoms in total. The molecule has 0 heterocycles. The van der Waals surface area contributed by atoms with Gasteiger partial charge in [0.1, 0.15) is 0 Å². The molecule has 0 aliphatic heterocycles. The second kappa shape index (κ2) is 9.40. The van der Waals surface area contributed by atoms with Crippen LogP contribution in [0.5, 0.6) is 0 Å². The largest absolute Gasteiger partial charge is 0.771 e. The molecule has 1 amide bonds. The summed E-state index contributed by atoms with van der Waals surface area (Å²) in [5.41, 5.74) is 2.61. The van der Waals surface area contributed by atoms with Gasteiger partial charge in [0, 0.05) is 11.6 Å². The van der Waals surface area contributed by atoms with Crippen molar-refractivity contribution in [2.24, 2.45) is 5.92 Å². The van der Waals surface area contributed by atoms with Crippen molar-refractivity contribution in [1.82, 2.24) is 5.32 Å². The summed E-state index contributed by atoms with van der Waals surface area (Å²) in [7, 11) is 0. The van der Waals surface area contributed by atoms with Gasteiger partial charge in [-0.15, -0.1) is 0 Å². The Kier molecular flexibility index (Phi) is 7.06. The van der Waals surface area contributed by atoms with Gasteiger partial charge in [-0.1, -0.05) is 31.2 Å². The van der Waals surface area contributed by atoms with Crippen LogP contribution >= 0.6 is 0 Å². The Morgan fingerprint density at radius 2 is 1.90 bits per heavy atom. The van der Waals surface area contributed by atoms with Crippen LogP contribution in [0.4, 0.5) is 18.9 Å². The molecule has 3 unspecified atom stereocenters. The number of nitrogens with one attached hydrogen (secondary N) is 2. The summed E-state index contributed by atoms with van der Waals surface area (Å²) in [5, 5.41) is 5.84. The molecular weight excluding hydrogens is 429 g/mol. The summed E-state index contributed by atoms with van der Waals surface area (Å²) in [4.78, 5) is 12.6. The highest BCUT2D eigenvalue weighted by Crippen LogP contribution is 2.48. The fraction of sp³-hybridized carbons (Fsp3) is 0.409. The maximum absolute atomic E-state index is 12.7. The van der Waals surface area contributed by atoms with E-state index in [9.17, 15) is 26.7 Å². The Bertz CT molecular complexity index is 963. The molecule has 0 radical (unpaired) electrons. The van der Waals surface area contributed by atoms with Crippen molar-refractivity contribution in [2.75, 3.05) is 11.2 Å². The number of hydrogen-bond donors (Lipinski definition) is 2. The van der Waals surface area contributed by atoms with Gasteiger partial charge in [0.2, 0.25) is 5.91 Å². The SMILES string of the molecule is CCc1cc([C@@H](C)NC(=O)C2CC2c2ccc(C(F)(F)F)cc2)ccc1NCS(=O)[O-]. The number of carbonyl (C=O) groups excluding carboxylic acids is 1. The number of anilines is 1.